The Labute approximate surface area is 315 Å². The largest absolute Gasteiger partial charge is 0.456 e. The highest BCUT2D eigenvalue weighted by molar-refractivity contribution is 6.32. The Bertz CT molecular complexity index is 3570. The van der Waals surface area contributed by atoms with Crippen LogP contribution in [0.25, 0.3) is 121 Å². The van der Waals surface area contributed by atoms with E-state index in [0.29, 0.717) is 0 Å². The van der Waals surface area contributed by atoms with Gasteiger partial charge in [0.2, 0.25) is 0 Å². The lowest BCUT2D eigenvalue weighted by atomic mass is 10.0. The molecule has 0 saturated carbocycles. The van der Waals surface area contributed by atoms with Crippen LogP contribution in [0.4, 0.5) is 0 Å². The van der Waals surface area contributed by atoms with E-state index in [1.54, 1.807) is 0 Å². The molecule has 3 heteroatoms. The summed E-state index contributed by atoms with van der Waals surface area (Å²) in [6.07, 6.45) is 0. The Hall–Kier alpha value is -7.36. The Morgan fingerprint density at radius 1 is 0.327 bits per heavy atom. The molecule has 0 bridgehead atoms. The number of hydrogen-bond donors (Lipinski definition) is 0. The van der Waals surface area contributed by atoms with Crippen molar-refractivity contribution in [2.24, 2.45) is 0 Å². The average molecular weight is 699 g/mol. The number of para-hydroxylation sites is 2. The molecule has 0 atom stereocenters. The van der Waals surface area contributed by atoms with Gasteiger partial charge in [-0.15, -0.1) is 0 Å². The lowest BCUT2D eigenvalue weighted by molar-refractivity contribution is 0.669. The molecule has 12 aromatic rings. The van der Waals surface area contributed by atoms with E-state index < -0.39 is 0 Å². The Morgan fingerprint density at radius 2 is 1.00 bits per heavy atom. The minimum absolute atomic E-state index is 0.892. The zero-order valence-corrected chi connectivity index (χ0v) is 29.6. The van der Waals surface area contributed by atoms with Gasteiger partial charge in [-0.05, 0) is 87.3 Å². The van der Waals surface area contributed by atoms with Gasteiger partial charge in [-0.25, -0.2) is 0 Å². The number of furan rings is 1. The van der Waals surface area contributed by atoms with Gasteiger partial charge in [-0.3, -0.25) is 0 Å². The summed E-state index contributed by atoms with van der Waals surface area (Å²) in [5.74, 6) is 0. The number of aromatic nitrogens is 2. The van der Waals surface area contributed by atoms with Crippen LogP contribution in [0, 0.1) is 0 Å². The minimum atomic E-state index is 0.892. The molecule has 1 aliphatic rings. The summed E-state index contributed by atoms with van der Waals surface area (Å²) >= 11 is 0. The Balaban J connectivity index is 1.23. The molecule has 0 aliphatic heterocycles. The lowest BCUT2D eigenvalue weighted by Crippen LogP contribution is -1.97. The van der Waals surface area contributed by atoms with Crippen molar-refractivity contribution in [1.82, 2.24) is 9.13 Å². The van der Waals surface area contributed by atoms with Crippen LogP contribution < -0.4 is 0 Å². The van der Waals surface area contributed by atoms with Gasteiger partial charge in [0.15, 0.2) is 0 Å². The fourth-order valence-corrected chi connectivity index (χ4v) is 9.81. The first-order chi connectivity index (χ1) is 27.3. The summed E-state index contributed by atoms with van der Waals surface area (Å²) in [6, 6.07) is 66.4. The van der Waals surface area contributed by atoms with Crippen molar-refractivity contribution < 1.29 is 4.42 Å². The van der Waals surface area contributed by atoms with Crippen LogP contribution in [0.5, 0.6) is 0 Å². The zero-order valence-electron chi connectivity index (χ0n) is 29.6. The van der Waals surface area contributed by atoms with E-state index in [4.69, 9.17) is 4.42 Å². The summed E-state index contributed by atoms with van der Waals surface area (Å²) in [4.78, 5) is 0. The molecule has 0 radical (unpaired) electrons. The van der Waals surface area contributed by atoms with E-state index in [9.17, 15) is 0 Å². The van der Waals surface area contributed by atoms with Gasteiger partial charge in [0.25, 0.3) is 0 Å². The van der Waals surface area contributed by atoms with Crippen LogP contribution in [0.15, 0.2) is 186 Å². The van der Waals surface area contributed by atoms with Gasteiger partial charge < -0.3 is 13.6 Å². The van der Waals surface area contributed by atoms with E-state index in [1.165, 1.54) is 87.9 Å². The van der Waals surface area contributed by atoms with Crippen molar-refractivity contribution in [2.75, 3.05) is 0 Å². The van der Waals surface area contributed by atoms with Gasteiger partial charge >= 0.3 is 0 Å². The topological polar surface area (TPSA) is 23.0 Å². The van der Waals surface area contributed by atoms with Gasteiger partial charge in [0.1, 0.15) is 11.2 Å². The zero-order chi connectivity index (χ0) is 35.8. The summed E-state index contributed by atoms with van der Waals surface area (Å²) in [5, 5.41) is 9.72. The molecule has 0 fully saturated rings. The molecule has 3 aromatic heterocycles. The number of fused-ring (bicyclic) bond motifs is 14. The van der Waals surface area contributed by atoms with Gasteiger partial charge in [-0.1, -0.05) is 133 Å². The maximum Gasteiger partial charge on any atom is 0.137 e. The van der Waals surface area contributed by atoms with Crippen LogP contribution in [0.3, 0.4) is 0 Å². The number of hydrogen-bond acceptors (Lipinski definition) is 1. The summed E-state index contributed by atoms with van der Waals surface area (Å²) in [7, 11) is 0. The molecular formula is C52H30N2O. The van der Waals surface area contributed by atoms with Crippen molar-refractivity contribution in [2.45, 2.75) is 0 Å². The molecule has 13 rings (SSSR count). The maximum absolute atomic E-state index is 6.59. The molecule has 254 valence electrons. The van der Waals surface area contributed by atoms with E-state index >= 15 is 0 Å². The first-order valence-corrected chi connectivity index (χ1v) is 18.9. The van der Waals surface area contributed by atoms with E-state index in [-0.39, 0.29) is 0 Å². The highest BCUT2D eigenvalue weighted by Gasteiger charge is 2.27. The summed E-state index contributed by atoms with van der Waals surface area (Å²) < 4.78 is 11.6. The molecule has 0 spiro atoms. The standard InChI is InChI=1S/C52H30N2O/c1-2-12-31(13-3-1)32-14-10-15-33(30-32)53-43-22-8-6-18-36(43)39-25-28-45-49(51(39)53)42-26-29-47-50(41-19-7-9-23-46(41)55-47)52(42)54(45)44-27-24-38-35-17-5-4-16-34(35)37-20-11-21-40(44)48(37)38/h1-30H. The maximum atomic E-state index is 6.59. The number of nitrogens with zero attached hydrogens (tertiary/aromatic N) is 2. The smallest absolute Gasteiger partial charge is 0.137 e. The van der Waals surface area contributed by atoms with Crippen LogP contribution >= 0.6 is 0 Å². The third kappa shape index (κ3) is 3.79. The molecule has 0 saturated heterocycles. The van der Waals surface area contributed by atoms with E-state index in [0.717, 1.165) is 33.1 Å². The summed E-state index contributed by atoms with van der Waals surface area (Å²) in [6.45, 7) is 0. The normalized spacial score (nSPS) is 12.4. The number of benzene rings is 9. The van der Waals surface area contributed by atoms with Crippen molar-refractivity contribution in [3.8, 4) is 44.8 Å². The predicted octanol–water partition coefficient (Wildman–Crippen LogP) is 14.2. The Morgan fingerprint density at radius 3 is 1.89 bits per heavy atom. The highest BCUT2D eigenvalue weighted by Crippen LogP contribution is 2.51. The van der Waals surface area contributed by atoms with Crippen LogP contribution in [-0.4, -0.2) is 9.13 Å². The third-order valence-corrected chi connectivity index (χ3v) is 12.0. The molecule has 3 heterocycles. The van der Waals surface area contributed by atoms with Crippen LogP contribution in [-0.2, 0) is 0 Å². The lowest BCUT2D eigenvalue weighted by Gasteiger charge is -2.14. The first kappa shape index (κ1) is 29.1. The first-order valence-electron chi connectivity index (χ1n) is 18.9. The highest BCUT2D eigenvalue weighted by atomic mass is 16.3. The van der Waals surface area contributed by atoms with Crippen molar-refractivity contribution in [3.05, 3.63) is 182 Å². The summed E-state index contributed by atoms with van der Waals surface area (Å²) in [5.41, 5.74) is 16.4. The molecular weight excluding hydrogens is 669 g/mol. The molecule has 1 aliphatic carbocycles. The molecule has 0 N–H and O–H groups in total. The van der Waals surface area contributed by atoms with E-state index in [1.807, 2.05) is 0 Å². The second-order valence-electron chi connectivity index (χ2n) is 14.8. The van der Waals surface area contributed by atoms with Gasteiger partial charge in [-0.2, -0.15) is 0 Å². The average Bonchev–Trinajstić information content (AvgIpc) is 3.99. The van der Waals surface area contributed by atoms with Crippen molar-refractivity contribution >= 4 is 76.3 Å². The van der Waals surface area contributed by atoms with Gasteiger partial charge in [0, 0.05) is 38.0 Å². The molecule has 9 aromatic carbocycles. The van der Waals surface area contributed by atoms with Crippen molar-refractivity contribution in [1.29, 1.82) is 0 Å². The minimum Gasteiger partial charge on any atom is -0.456 e. The number of rotatable bonds is 3. The monoisotopic (exact) mass is 698 g/mol. The SMILES string of the molecule is c1ccc(-c2cccc(-n3c4ccccc4c4ccc5c(c6ccc7oc8ccccc8c7c6n5-c5ccc6c7c(cccc57)-c5ccccc5-6)c43)c2)cc1. The molecule has 55 heavy (non-hydrogen) atoms. The molecule has 0 unspecified atom stereocenters. The van der Waals surface area contributed by atoms with Gasteiger partial charge in [0.05, 0.1) is 33.1 Å². The Kier molecular flexibility index (Phi) is 5.63. The second-order valence-corrected chi connectivity index (χ2v) is 14.8. The second kappa shape index (κ2) is 10.6. The fraction of sp³-hybridized carbons (Fsp3) is 0. The fourth-order valence-electron chi connectivity index (χ4n) is 9.81. The molecule has 3 nitrogen and oxygen atoms in total. The van der Waals surface area contributed by atoms with Crippen molar-refractivity contribution in [3.63, 3.8) is 0 Å². The quantitative estimate of drug-likeness (QED) is 0.180. The predicted molar refractivity (Wildman–Crippen MR) is 230 cm³/mol. The molecule has 0 amide bonds. The van der Waals surface area contributed by atoms with E-state index in [2.05, 4.69) is 191 Å². The van der Waals surface area contributed by atoms with Crippen LogP contribution in [0.2, 0.25) is 0 Å². The third-order valence-electron chi connectivity index (χ3n) is 12.0. The van der Waals surface area contributed by atoms with Crippen LogP contribution in [0.1, 0.15) is 0 Å².